The second kappa shape index (κ2) is 6.22. The third-order valence-corrected chi connectivity index (χ3v) is 6.25. The van der Waals surface area contributed by atoms with Crippen molar-refractivity contribution in [2.75, 3.05) is 7.05 Å². The molecule has 3 aromatic rings. The largest absolute Gasteiger partial charge is 0.391 e. The first kappa shape index (κ1) is 17.5. The molecule has 5 nitrogen and oxygen atoms in total. The van der Waals surface area contributed by atoms with Gasteiger partial charge >= 0.3 is 0 Å². The zero-order valence-corrected chi connectivity index (χ0v) is 16.0. The van der Waals surface area contributed by atoms with Crippen LogP contribution in [-0.2, 0) is 32.5 Å². The molecule has 0 unspecified atom stereocenters. The third-order valence-electron chi connectivity index (χ3n) is 6.25. The maximum atomic E-state index is 14.5. The molecule has 6 heteroatoms. The second-order valence-electron chi connectivity index (χ2n) is 7.74. The standard InChI is InChI=1S/C22H22FN3O2/c1-11-13-4-3-5-14-15-9-26-19(6-12(8-24-2)16(10-27)22(26)28)21(15)25-18(20(13)14)7-17(11)23/h6-7,24,27H,3-5,8-10H2,1-2H3. The molecule has 2 aromatic heterocycles. The zero-order valence-electron chi connectivity index (χ0n) is 16.0. The highest BCUT2D eigenvalue weighted by Crippen LogP contribution is 2.41. The predicted octanol–water partition coefficient (Wildman–Crippen LogP) is 2.57. The summed E-state index contributed by atoms with van der Waals surface area (Å²) in [5.74, 6) is -0.218. The molecule has 28 heavy (non-hydrogen) atoms. The molecule has 0 fully saturated rings. The van der Waals surface area contributed by atoms with Gasteiger partial charge in [0, 0.05) is 29.1 Å². The number of rotatable bonds is 3. The Morgan fingerprint density at radius 3 is 2.79 bits per heavy atom. The fraction of sp³-hybridized carbons (Fsp3) is 0.364. The number of nitrogens with one attached hydrogen (secondary N) is 1. The number of fused-ring (bicyclic) bond motifs is 4. The van der Waals surface area contributed by atoms with Crippen LogP contribution >= 0.6 is 0 Å². The zero-order chi connectivity index (χ0) is 19.6. The molecule has 0 radical (unpaired) electrons. The predicted molar refractivity (Wildman–Crippen MR) is 106 cm³/mol. The monoisotopic (exact) mass is 379 g/mol. The van der Waals surface area contributed by atoms with Crippen LogP contribution in [0.1, 0.15) is 39.8 Å². The minimum Gasteiger partial charge on any atom is -0.391 e. The molecule has 2 aliphatic rings. The van der Waals surface area contributed by atoms with E-state index in [0.29, 0.717) is 29.7 Å². The van der Waals surface area contributed by atoms with Gasteiger partial charge in [-0.15, -0.1) is 0 Å². The maximum Gasteiger partial charge on any atom is 0.257 e. The number of benzene rings is 1. The van der Waals surface area contributed by atoms with E-state index in [9.17, 15) is 14.3 Å². The first-order valence-corrected chi connectivity index (χ1v) is 9.70. The lowest BCUT2D eigenvalue weighted by Gasteiger charge is -2.21. The van der Waals surface area contributed by atoms with Crippen LogP contribution in [0, 0.1) is 12.7 Å². The number of hydrogen-bond acceptors (Lipinski definition) is 4. The maximum absolute atomic E-state index is 14.5. The van der Waals surface area contributed by atoms with E-state index in [0.717, 1.165) is 52.7 Å². The van der Waals surface area contributed by atoms with Crippen LogP contribution in [0.25, 0.3) is 22.3 Å². The number of hydrogen-bond donors (Lipinski definition) is 2. The summed E-state index contributed by atoms with van der Waals surface area (Å²) in [5, 5.41) is 13.9. The Bertz CT molecular complexity index is 1210. The smallest absolute Gasteiger partial charge is 0.257 e. The molecule has 0 saturated heterocycles. The van der Waals surface area contributed by atoms with Crippen LogP contribution in [0.15, 0.2) is 16.9 Å². The highest BCUT2D eigenvalue weighted by molar-refractivity contribution is 5.92. The van der Waals surface area contributed by atoms with E-state index in [4.69, 9.17) is 4.98 Å². The molecule has 0 amide bonds. The van der Waals surface area contributed by atoms with E-state index >= 15 is 0 Å². The van der Waals surface area contributed by atoms with Crippen LogP contribution in [0.3, 0.4) is 0 Å². The first-order chi connectivity index (χ1) is 13.5. The van der Waals surface area contributed by atoms with Gasteiger partial charge in [-0.3, -0.25) is 4.79 Å². The van der Waals surface area contributed by atoms with Gasteiger partial charge in [0.25, 0.3) is 5.56 Å². The lowest BCUT2D eigenvalue weighted by Crippen LogP contribution is -2.26. The molecule has 0 saturated carbocycles. The summed E-state index contributed by atoms with van der Waals surface area (Å²) in [6.07, 6.45) is 2.75. The number of pyridine rings is 2. The highest BCUT2D eigenvalue weighted by Gasteiger charge is 2.30. The highest BCUT2D eigenvalue weighted by atomic mass is 19.1. The van der Waals surface area contributed by atoms with E-state index in [1.165, 1.54) is 11.6 Å². The van der Waals surface area contributed by atoms with Gasteiger partial charge in [-0.25, -0.2) is 9.37 Å². The van der Waals surface area contributed by atoms with Gasteiger partial charge in [0.2, 0.25) is 0 Å². The van der Waals surface area contributed by atoms with Crippen LogP contribution in [-0.4, -0.2) is 21.7 Å². The Morgan fingerprint density at radius 2 is 2.04 bits per heavy atom. The van der Waals surface area contributed by atoms with Gasteiger partial charge in [-0.05, 0) is 61.6 Å². The average Bonchev–Trinajstić information content (AvgIpc) is 3.06. The van der Waals surface area contributed by atoms with E-state index in [1.54, 1.807) is 4.57 Å². The fourth-order valence-corrected chi connectivity index (χ4v) is 4.87. The minimum absolute atomic E-state index is 0.169. The van der Waals surface area contributed by atoms with Gasteiger partial charge in [0.1, 0.15) is 5.82 Å². The number of halogens is 1. The first-order valence-electron chi connectivity index (χ1n) is 9.70. The summed E-state index contributed by atoms with van der Waals surface area (Å²) >= 11 is 0. The molecular weight excluding hydrogens is 357 g/mol. The lowest BCUT2D eigenvalue weighted by atomic mass is 9.85. The Kier molecular flexibility index (Phi) is 3.89. The Balaban J connectivity index is 1.85. The Morgan fingerprint density at radius 1 is 1.25 bits per heavy atom. The van der Waals surface area contributed by atoms with Crippen LogP contribution < -0.4 is 10.9 Å². The summed E-state index contributed by atoms with van der Waals surface area (Å²) in [4.78, 5) is 17.8. The van der Waals surface area contributed by atoms with Crippen molar-refractivity contribution in [1.29, 1.82) is 0 Å². The number of aryl methyl sites for hydroxylation is 2. The normalized spacial score (nSPS) is 14.4. The number of aromatic nitrogens is 2. The summed E-state index contributed by atoms with van der Waals surface area (Å²) in [5.41, 5.74) is 7.28. The molecule has 0 atom stereocenters. The van der Waals surface area contributed by atoms with Crippen molar-refractivity contribution in [3.8, 4) is 11.4 Å². The molecule has 1 aliphatic carbocycles. The number of aliphatic hydroxyl groups excluding tert-OH is 1. The molecule has 1 aromatic carbocycles. The molecular formula is C22H22FN3O2. The van der Waals surface area contributed by atoms with Gasteiger partial charge in [0.05, 0.1) is 30.1 Å². The molecule has 0 spiro atoms. The number of nitrogens with zero attached hydrogens (tertiary/aromatic N) is 2. The fourth-order valence-electron chi connectivity index (χ4n) is 4.87. The Labute approximate surface area is 161 Å². The van der Waals surface area contributed by atoms with E-state index in [2.05, 4.69) is 5.32 Å². The van der Waals surface area contributed by atoms with Crippen molar-refractivity contribution in [2.45, 2.75) is 45.9 Å². The lowest BCUT2D eigenvalue weighted by molar-refractivity contribution is 0.278. The van der Waals surface area contributed by atoms with E-state index in [-0.39, 0.29) is 18.0 Å². The van der Waals surface area contributed by atoms with Gasteiger partial charge in [0.15, 0.2) is 0 Å². The van der Waals surface area contributed by atoms with Crippen molar-refractivity contribution < 1.29 is 9.50 Å². The van der Waals surface area contributed by atoms with Crippen molar-refractivity contribution in [3.63, 3.8) is 0 Å². The number of aliphatic hydroxyl groups is 1. The Hall–Kier alpha value is -2.57. The summed E-state index contributed by atoms with van der Waals surface area (Å²) < 4.78 is 16.2. The summed E-state index contributed by atoms with van der Waals surface area (Å²) in [6, 6.07) is 3.47. The van der Waals surface area contributed by atoms with Crippen molar-refractivity contribution in [3.05, 3.63) is 61.7 Å². The molecule has 0 bridgehead atoms. The third kappa shape index (κ3) is 2.25. The van der Waals surface area contributed by atoms with Crippen LogP contribution in [0.4, 0.5) is 4.39 Å². The van der Waals surface area contributed by atoms with Crippen LogP contribution in [0.5, 0.6) is 0 Å². The van der Waals surface area contributed by atoms with Gasteiger partial charge in [-0.2, -0.15) is 0 Å². The quantitative estimate of drug-likeness (QED) is 0.574. The van der Waals surface area contributed by atoms with Gasteiger partial charge in [-0.1, -0.05) is 0 Å². The topological polar surface area (TPSA) is 67.2 Å². The molecule has 5 rings (SSSR count). The van der Waals surface area contributed by atoms with E-state index in [1.807, 2.05) is 20.0 Å². The summed E-state index contributed by atoms with van der Waals surface area (Å²) in [6.45, 7) is 2.50. The van der Waals surface area contributed by atoms with Crippen molar-refractivity contribution in [2.24, 2.45) is 0 Å². The second-order valence-corrected chi connectivity index (χ2v) is 7.74. The minimum atomic E-state index is -0.288. The SMILES string of the molecule is CNCc1cc2n(c(=O)c1CO)Cc1c-2nc2cc(F)c(C)c3c2c1CCC3. The van der Waals surface area contributed by atoms with Crippen molar-refractivity contribution >= 4 is 10.9 Å². The van der Waals surface area contributed by atoms with Crippen molar-refractivity contribution in [1.82, 2.24) is 14.9 Å². The average molecular weight is 379 g/mol. The molecule has 3 heterocycles. The van der Waals surface area contributed by atoms with E-state index < -0.39 is 0 Å². The molecule has 144 valence electrons. The summed E-state index contributed by atoms with van der Waals surface area (Å²) in [7, 11) is 1.81. The molecule has 1 aliphatic heterocycles. The van der Waals surface area contributed by atoms with Crippen LogP contribution in [0.2, 0.25) is 0 Å². The molecule has 2 N–H and O–H groups in total. The van der Waals surface area contributed by atoms with Gasteiger partial charge < -0.3 is 15.0 Å².